The van der Waals surface area contributed by atoms with Gasteiger partial charge in [0.05, 0.1) is 0 Å². The summed E-state index contributed by atoms with van der Waals surface area (Å²) in [5, 5.41) is 11.1. The van der Waals surface area contributed by atoms with Crippen LogP contribution in [0.25, 0.3) is 0 Å². The fourth-order valence-corrected chi connectivity index (χ4v) is 6.06. The van der Waals surface area contributed by atoms with Crippen molar-refractivity contribution < 1.29 is 14.7 Å². The fourth-order valence-electron chi connectivity index (χ4n) is 6.06. The summed E-state index contributed by atoms with van der Waals surface area (Å²) in [4.78, 5) is 23.9. The van der Waals surface area contributed by atoms with E-state index < -0.39 is 5.60 Å². The summed E-state index contributed by atoms with van der Waals surface area (Å²) in [6.45, 7) is 3.68. The summed E-state index contributed by atoms with van der Waals surface area (Å²) < 4.78 is 0. The number of allylic oxidation sites excluding steroid dienone is 4. The molecule has 0 radical (unpaired) electrons. The first kappa shape index (κ1) is 15.3. The third kappa shape index (κ3) is 1.92. The molecular formula is C20H26O3. The summed E-state index contributed by atoms with van der Waals surface area (Å²) in [6.07, 6.45) is 8.88. The first-order valence-electron chi connectivity index (χ1n) is 9.03. The molecule has 4 aliphatic carbocycles. The second-order valence-electron chi connectivity index (χ2n) is 8.27. The molecule has 0 aromatic carbocycles. The lowest BCUT2D eigenvalue weighted by atomic mass is 9.55. The summed E-state index contributed by atoms with van der Waals surface area (Å²) in [7, 11) is 0. The van der Waals surface area contributed by atoms with Crippen LogP contribution in [0.2, 0.25) is 0 Å². The lowest BCUT2D eigenvalue weighted by Crippen LogP contribution is -2.53. The normalized spacial score (nSPS) is 42.7. The SMILES string of the molecule is CC(=O)[C@@]1(O)CCC2C3CC=C4CC(=O)CCC4=C3CC[C@@]21C. The van der Waals surface area contributed by atoms with Crippen LogP contribution >= 0.6 is 0 Å². The van der Waals surface area contributed by atoms with Crippen molar-refractivity contribution in [2.45, 2.75) is 70.8 Å². The summed E-state index contributed by atoms with van der Waals surface area (Å²) in [5.74, 6) is 1.16. The van der Waals surface area contributed by atoms with Crippen LogP contribution in [-0.4, -0.2) is 22.3 Å². The number of aliphatic hydroxyl groups is 1. The van der Waals surface area contributed by atoms with Gasteiger partial charge in [-0.25, -0.2) is 0 Å². The zero-order chi connectivity index (χ0) is 16.4. The molecular weight excluding hydrogens is 288 g/mol. The van der Waals surface area contributed by atoms with E-state index in [0.717, 1.165) is 32.1 Å². The van der Waals surface area contributed by atoms with Crippen LogP contribution in [0.1, 0.15) is 65.2 Å². The Morgan fingerprint density at radius 3 is 2.78 bits per heavy atom. The average molecular weight is 314 g/mol. The van der Waals surface area contributed by atoms with Crippen molar-refractivity contribution in [3.8, 4) is 0 Å². The maximum Gasteiger partial charge on any atom is 0.161 e. The van der Waals surface area contributed by atoms with Crippen molar-refractivity contribution in [3.05, 3.63) is 22.8 Å². The second-order valence-corrected chi connectivity index (χ2v) is 8.27. The van der Waals surface area contributed by atoms with Gasteiger partial charge >= 0.3 is 0 Å². The van der Waals surface area contributed by atoms with E-state index in [0.29, 0.717) is 36.9 Å². The number of fused-ring (bicyclic) bond motifs is 4. The number of carbonyl (C=O) groups excluding carboxylic acids is 2. The molecule has 0 saturated heterocycles. The minimum atomic E-state index is -1.14. The van der Waals surface area contributed by atoms with Crippen LogP contribution in [0.5, 0.6) is 0 Å². The molecule has 1 N–H and O–H groups in total. The lowest BCUT2D eigenvalue weighted by Gasteiger charge is -2.50. The van der Waals surface area contributed by atoms with Crippen LogP contribution < -0.4 is 0 Å². The number of Topliss-reactive ketones (excluding diaryl/α,β-unsaturated/α-hetero) is 2. The Balaban J connectivity index is 1.71. The lowest BCUT2D eigenvalue weighted by molar-refractivity contribution is -0.151. The average Bonchev–Trinajstić information content (AvgIpc) is 2.80. The van der Waals surface area contributed by atoms with Gasteiger partial charge in [0, 0.05) is 18.3 Å². The van der Waals surface area contributed by atoms with Gasteiger partial charge in [0.1, 0.15) is 11.4 Å². The van der Waals surface area contributed by atoms with E-state index in [9.17, 15) is 14.7 Å². The molecule has 124 valence electrons. The number of hydrogen-bond acceptors (Lipinski definition) is 3. The summed E-state index contributed by atoms with van der Waals surface area (Å²) >= 11 is 0. The monoisotopic (exact) mass is 314 g/mol. The van der Waals surface area contributed by atoms with Gasteiger partial charge in [-0.15, -0.1) is 0 Å². The van der Waals surface area contributed by atoms with E-state index in [1.54, 1.807) is 12.5 Å². The Morgan fingerprint density at radius 2 is 2.04 bits per heavy atom. The molecule has 0 aliphatic heterocycles. The zero-order valence-electron chi connectivity index (χ0n) is 14.2. The third-order valence-corrected chi connectivity index (χ3v) is 7.44. The molecule has 3 saturated carbocycles. The highest BCUT2D eigenvalue weighted by molar-refractivity contribution is 5.86. The Kier molecular flexibility index (Phi) is 3.26. The first-order chi connectivity index (χ1) is 10.9. The molecule has 4 rings (SSSR count). The number of carbonyl (C=O) groups is 2. The van der Waals surface area contributed by atoms with E-state index in [2.05, 4.69) is 13.0 Å². The summed E-state index contributed by atoms with van der Waals surface area (Å²) in [5.41, 5.74) is 2.84. The maximum atomic E-state index is 12.1. The van der Waals surface area contributed by atoms with Crippen molar-refractivity contribution in [2.24, 2.45) is 17.3 Å². The van der Waals surface area contributed by atoms with E-state index in [1.165, 1.54) is 11.1 Å². The van der Waals surface area contributed by atoms with Crippen molar-refractivity contribution in [1.29, 1.82) is 0 Å². The van der Waals surface area contributed by atoms with Crippen LogP contribution in [-0.2, 0) is 9.59 Å². The van der Waals surface area contributed by atoms with Gasteiger partial charge in [-0.3, -0.25) is 9.59 Å². The van der Waals surface area contributed by atoms with Gasteiger partial charge in [0.2, 0.25) is 0 Å². The Hall–Kier alpha value is -1.22. The molecule has 0 aromatic rings. The predicted octanol–water partition coefficient (Wildman–Crippen LogP) is 3.51. The van der Waals surface area contributed by atoms with Gasteiger partial charge in [0.15, 0.2) is 5.78 Å². The van der Waals surface area contributed by atoms with Crippen LogP contribution in [0, 0.1) is 17.3 Å². The number of ketones is 2. The van der Waals surface area contributed by atoms with Crippen molar-refractivity contribution in [1.82, 2.24) is 0 Å². The molecule has 2 unspecified atom stereocenters. The van der Waals surface area contributed by atoms with Crippen LogP contribution in [0.15, 0.2) is 22.8 Å². The van der Waals surface area contributed by atoms with Crippen molar-refractivity contribution >= 4 is 11.6 Å². The molecule has 23 heavy (non-hydrogen) atoms. The number of hydrogen-bond donors (Lipinski definition) is 1. The van der Waals surface area contributed by atoms with Crippen LogP contribution in [0.3, 0.4) is 0 Å². The minimum absolute atomic E-state index is 0.0612. The highest BCUT2D eigenvalue weighted by Gasteiger charge is 2.62. The van der Waals surface area contributed by atoms with Crippen molar-refractivity contribution in [3.63, 3.8) is 0 Å². The molecule has 0 aromatic heterocycles. The number of rotatable bonds is 1. The van der Waals surface area contributed by atoms with Gasteiger partial charge in [0.25, 0.3) is 0 Å². The highest BCUT2D eigenvalue weighted by atomic mass is 16.3. The van der Waals surface area contributed by atoms with Gasteiger partial charge < -0.3 is 5.11 Å². The zero-order valence-corrected chi connectivity index (χ0v) is 14.2. The molecule has 3 heteroatoms. The third-order valence-electron chi connectivity index (χ3n) is 7.44. The molecule has 3 nitrogen and oxygen atoms in total. The van der Waals surface area contributed by atoms with Crippen LogP contribution in [0.4, 0.5) is 0 Å². The molecule has 0 heterocycles. The van der Waals surface area contributed by atoms with E-state index in [-0.39, 0.29) is 11.2 Å². The van der Waals surface area contributed by atoms with Gasteiger partial charge in [-0.05, 0) is 68.4 Å². The minimum Gasteiger partial charge on any atom is -0.382 e. The smallest absolute Gasteiger partial charge is 0.161 e. The molecule has 0 spiro atoms. The standard InChI is InChI=1S/C20H26O3/c1-12(21)20(23)10-8-18-17-5-3-13-11-14(22)4-6-15(13)16(17)7-9-19(18,20)2/h3,17-18,23H,4-11H2,1-2H3/t17?,18?,19-,20-/m0/s1. The topological polar surface area (TPSA) is 54.4 Å². The molecule has 4 atom stereocenters. The van der Waals surface area contributed by atoms with Gasteiger partial charge in [-0.1, -0.05) is 18.6 Å². The van der Waals surface area contributed by atoms with Gasteiger partial charge in [-0.2, -0.15) is 0 Å². The Labute approximate surface area is 137 Å². The molecule has 0 amide bonds. The molecule has 3 fully saturated rings. The Morgan fingerprint density at radius 1 is 1.26 bits per heavy atom. The largest absolute Gasteiger partial charge is 0.382 e. The second kappa shape index (κ2) is 4.89. The fraction of sp³-hybridized carbons (Fsp3) is 0.700. The van der Waals surface area contributed by atoms with Crippen molar-refractivity contribution in [2.75, 3.05) is 0 Å². The Bertz CT molecular complexity index is 656. The quantitative estimate of drug-likeness (QED) is 0.806. The highest BCUT2D eigenvalue weighted by Crippen LogP contribution is 2.63. The molecule has 0 bridgehead atoms. The predicted molar refractivity (Wildman–Crippen MR) is 87.8 cm³/mol. The summed E-state index contributed by atoms with van der Waals surface area (Å²) in [6, 6.07) is 0. The van der Waals surface area contributed by atoms with E-state index >= 15 is 0 Å². The van der Waals surface area contributed by atoms with E-state index in [1.807, 2.05) is 0 Å². The van der Waals surface area contributed by atoms with E-state index in [4.69, 9.17) is 0 Å². The first-order valence-corrected chi connectivity index (χ1v) is 9.03. The maximum absolute atomic E-state index is 12.1. The molecule has 4 aliphatic rings.